The number of halogens is 3. The molecule has 2 aromatic carbocycles. The van der Waals surface area contributed by atoms with Gasteiger partial charge < -0.3 is 25.4 Å². The summed E-state index contributed by atoms with van der Waals surface area (Å²) in [5, 5.41) is 16.5. The van der Waals surface area contributed by atoms with E-state index >= 15 is 4.39 Å². The van der Waals surface area contributed by atoms with E-state index in [4.69, 9.17) is 39.1 Å². The maximum Gasteiger partial charge on any atom is 0.328 e. The quantitative estimate of drug-likeness (QED) is 0.170. The lowest BCUT2D eigenvalue weighted by Crippen LogP contribution is -2.49. The number of hydrogen-bond acceptors (Lipinski definition) is 9. The Balaban J connectivity index is 0.000000544. The van der Waals surface area contributed by atoms with Crippen LogP contribution < -0.4 is 10.5 Å². The van der Waals surface area contributed by atoms with Crippen LogP contribution in [0.5, 0.6) is 0 Å². The Kier molecular flexibility index (Phi) is 11.6. The number of nitrogens with one attached hydrogen (secondary N) is 1. The van der Waals surface area contributed by atoms with Crippen molar-refractivity contribution in [2.75, 3.05) is 43.7 Å². The summed E-state index contributed by atoms with van der Waals surface area (Å²) in [6.07, 6.45) is 8.76. The Morgan fingerprint density at radius 3 is 2.20 bits per heavy atom. The molecule has 0 radical (unpaired) electrons. The average molecular weight is 749 g/mol. The second kappa shape index (κ2) is 15.7. The Labute approximate surface area is 298 Å². The summed E-state index contributed by atoms with van der Waals surface area (Å²) in [5.74, 6) is -2.95. The summed E-state index contributed by atoms with van der Waals surface area (Å²) >= 11 is 12.0. The van der Waals surface area contributed by atoms with Gasteiger partial charge in [-0.1, -0.05) is 29.3 Å². The van der Waals surface area contributed by atoms with Gasteiger partial charge in [-0.2, -0.15) is 0 Å². The highest BCUT2D eigenvalue weighted by molar-refractivity contribution is 7.92. The molecule has 0 atom stereocenters. The minimum Gasteiger partial charge on any atom is -0.478 e. The van der Waals surface area contributed by atoms with E-state index in [-0.39, 0.29) is 21.6 Å². The fraction of sp³-hybridized carbons (Fsp3) is 0.333. The van der Waals surface area contributed by atoms with Gasteiger partial charge in [0, 0.05) is 67.2 Å². The predicted molar refractivity (Wildman–Crippen MR) is 189 cm³/mol. The van der Waals surface area contributed by atoms with Gasteiger partial charge in [-0.05, 0) is 68.6 Å². The number of sulfonamides is 1. The molecule has 6 rings (SSSR count). The molecule has 13 nitrogen and oxygen atoms in total. The largest absolute Gasteiger partial charge is 0.478 e. The first-order chi connectivity index (χ1) is 23.7. The molecule has 1 saturated carbocycles. The number of nitrogens with two attached hydrogens (primary N) is 1. The molecule has 1 aliphatic carbocycles. The number of aliphatic carboxylic acids is 2. The van der Waals surface area contributed by atoms with Crippen molar-refractivity contribution < 1.29 is 32.6 Å². The van der Waals surface area contributed by atoms with Crippen molar-refractivity contribution >= 4 is 67.7 Å². The van der Waals surface area contributed by atoms with Crippen LogP contribution in [0.4, 0.5) is 15.9 Å². The number of anilines is 2. The van der Waals surface area contributed by atoms with Crippen LogP contribution in [0.25, 0.3) is 22.2 Å². The molecule has 2 aromatic heterocycles. The molecule has 4 aromatic rings. The van der Waals surface area contributed by atoms with Crippen LogP contribution in [0, 0.1) is 5.82 Å². The third kappa shape index (κ3) is 8.71. The van der Waals surface area contributed by atoms with Gasteiger partial charge in [-0.3, -0.25) is 9.62 Å². The van der Waals surface area contributed by atoms with E-state index < -0.39 is 27.8 Å². The number of likely N-dealkylation sites (N-methyl/N-ethyl adjacent to an activating group) is 1. The van der Waals surface area contributed by atoms with Crippen LogP contribution in [0.3, 0.4) is 0 Å². The maximum atomic E-state index is 15.4. The second-order valence-corrected chi connectivity index (χ2v) is 14.6. The lowest BCUT2D eigenvalue weighted by Gasteiger charge is -2.41. The monoisotopic (exact) mass is 747 g/mol. The normalized spacial score (nSPS) is 18.9. The zero-order valence-corrected chi connectivity index (χ0v) is 29.3. The summed E-state index contributed by atoms with van der Waals surface area (Å²) < 4.78 is 45.7. The molecule has 0 spiro atoms. The average Bonchev–Trinajstić information content (AvgIpc) is 3.46. The fourth-order valence-corrected chi connectivity index (χ4v) is 8.14. The van der Waals surface area contributed by atoms with E-state index in [9.17, 15) is 18.0 Å². The number of fused-ring (bicyclic) bond motifs is 1. The number of benzene rings is 2. The molecule has 3 heterocycles. The highest BCUT2D eigenvalue weighted by Gasteiger charge is 2.30. The first-order valence-corrected chi connectivity index (χ1v) is 17.9. The number of rotatable bonds is 8. The molecule has 17 heteroatoms. The van der Waals surface area contributed by atoms with E-state index in [0.29, 0.717) is 51.2 Å². The number of nitrogen functional groups attached to an aromatic ring is 1. The molecule has 5 N–H and O–H groups in total. The number of nitrogens with zero attached hydrogens (tertiary/aromatic N) is 5. The lowest BCUT2D eigenvalue weighted by molar-refractivity contribution is -0.134. The van der Waals surface area contributed by atoms with Crippen LogP contribution in [0.15, 0.2) is 66.0 Å². The number of hydrogen-bond donors (Lipinski definition) is 4. The molecule has 1 aliphatic heterocycles. The Morgan fingerprint density at radius 2 is 1.60 bits per heavy atom. The summed E-state index contributed by atoms with van der Waals surface area (Å²) in [4.78, 5) is 32.7. The number of carbonyl (C=O) groups is 2. The van der Waals surface area contributed by atoms with E-state index in [1.165, 1.54) is 36.7 Å². The topological polar surface area (TPSA) is 184 Å². The third-order valence-electron chi connectivity index (χ3n) is 8.83. The molecule has 0 unspecified atom stereocenters. The van der Waals surface area contributed by atoms with Crippen LogP contribution >= 0.6 is 23.2 Å². The molecule has 1 saturated heterocycles. The molecule has 2 aliphatic rings. The Morgan fingerprint density at radius 1 is 0.960 bits per heavy atom. The summed E-state index contributed by atoms with van der Waals surface area (Å²) in [6, 6.07) is 9.15. The first-order valence-electron chi connectivity index (χ1n) is 15.7. The molecule has 0 amide bonds. The van der Waals surface area contributed by atoms with Crippen molar-refractivity contribution in [1.82, 2.24) is 24.3 Å². The number of aromatic nitrogens is 3. The van der Waals surface area contributed by atoms with E-state index in [2.05, 4.69) is 36.1 Å². The lowest BCUT2D eigenvalue weighted by atomic mass is 9.89. The van der Waals surface area contributed by atoms with Gasteiger partial charge in [0.2, 0.25) is 0 Å². The molecular weight excluding hydrogens is 712 g/mol. The van der Waals surface area contributed by atoms with Gasteiger partial charge in [0.05, 0.1) is 16.1 Å². The second-order valence-electron chi connectivity index (χ2n) is 12.1. The van der Waals surface area contributed by atoms with Crippen LogP contribution in [0.2, 0.25) is 10.0 Å². The zero-order chi connectivity index (χ0) is 36.2. The highest BCUT2D eigenvalue weighted by atomic mass is 35.5. The molecule has 0 bridgehead atoms. The molecule has 266 valence electrons. The minimum absolute atomic E-state index is 0.0621. The molecular formula is C33H36Cl2FN7O6S. The van der Waals surface area contributed by atoms with Gasteiger partial charge in [0.25, 0.3) is 10.0 Å². The summed E-state index contributed by atoms with van der Waals surface area (Å²) in [6.45, 7) is 4.42. The van der Waals surface area contributed by atoms with Crippen molar-refractivity contribution in [3.8, 4) is 11.1 Å². The van der Waals surface area contributed by atoms with Crippen molar-refractivity contribution in [3.05, 3.63) is 76.9 Å². The Hall–Kier alpha value is -4.28. The fourth-order valence-electron chi connectivity index (χ4n) is 6.30. The van der Waals surface area contributed by atoms with Crippen LogP contribution in [-0.2, 0) is 19.6 Å². The number of carboxylic acids is 2. The molecule has 50 heavy (non-hydrogen) atoms. The van der Waals surface area contributed by atoms with Gasteiger partial charge in [-0.15, -0.1) is 0 Å². The van der Waals surface area contributed by atoms with Crippen LogP contribution in [-0.4, -0.2) is 94.2 Å². The first kappa shape index (κ1) is 37.0. The Bertz CT molecular complexity index is 2010. The number of carboxylic acid groups (broad SMARTS) is 2. The van der Waals surface area contributed by atoms with Gasteiger partial charge in [0.15, 0.2) is 0 Å². The van der Waals surface area contributed by atoms with Crippen molar-refractivity contribution in [2.45, 2.75) is 42.7 Å². The van der Waals surface area contributed by atoms with Gasteiger partial charge in [0.1, 0.15) is 28.5 Å². The summed E-state index contributed by atoms with van der Waals surface area (Å²) in [7, 11) is -1.99. The zero-order valence-electron chi connectivity index (χ0n) is 27.0. The predicted octanol–water partition coefficient (Wildman–Crippen LogP) is 5.37. The van der Waals surface area contributed by atoms with Crippen LogP contribution in [0.1, 0.15) is 31.7 Å². The minimum atomic E-state index is -4.16. The third-order valence-corrected chi connectivity index (χ3v) is 10.9. The standard InChI is InChI=1S/C29H32Cl2FN7O2S.C4H4O4/c1-37-10-12-38(13-11-37)20-4-6-21(7-5-20)39-16-22(27-28(33)34-17-35-29(27)39)18-2-8-25(24(32)14-18)36-42(40,41)26-9-3-19(30)15-23(26)31;5-3(6)1-2-4(7)8/h2-3,8-9,14-17,20-21,36H,4-7,10-13H2,1H3,(H2,33,34,35);1-2H,(H,5,6)(H,7,8)/b;2-1-. The maximum absolute atomic E-state index is 15.4. The number of piperazine rings is 1. The van der Waals surface area contributed by atoms with E-state index in [1.54, 1.807) is 6.07 Å². The SMILES string of the molecule is CN1CCN(C2CCC(n3cc(-c4ccc(NS(=O)(=O)c5ccc(Cl)cc5Cl)c(F)c4)c4c(N)ncnc43)CC2)CC1.O=C(O)/C=C\C(=O)O. The van der Waals surface area contributed by atoms with Gasteiger partial charge >= 0.3 is 11.9 Å². The van der Waals surface area contributed by atoms with Crippen molar-refractivity contribution in [1.29, 1.82) is 0 Å². The molecule has 2 fully saturated rings. The van der Waals surface area contributed by atoms with Crippen molar-refractivity contribution in [3.63, 3.8) is 0 Å². The van der Waals surface area contributed by atoms with E-state index in [0.717, 1.165) is 51.9 Å². The highest BCUT2D eigenvalue weighted by Crippen LogP contribution is 2.40. The van der Waals surface area contributed by atoms with E-state index in [1.807, 2.05) is 6.20 Å². The summed E-state index contributed by atoms with van der Waals surface area (Å²) in [5.41, 5.74) is 8.06. The van der Waals surface area contributed by atoms with Crippen molar-refractivity contribution in [2.24, 2.45) is 0 Å². The van der Waals surface area contributed by atoms with Gasteiger partial charge in [-0.25, -0.2) is 32.4 Å². The smallest absolute Gasteiger partial charge is 0.328 e.